The van der Waals surface area contributed by atoms with E-state index in [2.05, 4.69) is 10.3 Å². The number of hydrogen-bond acceptors (Lipinski definition) is 4. The number of furan rings is 1. The number of aliphatic hydroxyl groups is 1. The summed E-state index contributed by atoms with van der Waals surface area (Å²) in [6, 6.07) is 11.3. The fourth-order valence-corrected chi connectivity index (χ4v) is 3.56. The van der Waals surface area contributed by atoms with E-state index in [0.29, 0.717) is 5.56 Å². The Balaban J connectivity index is 1.48. The van der Waals surface area contributed by atoms with Crippen molar-refractivity contribution in [1.82, 2.24) is 10.3 Å². The Labute approximate surface area is 152 Å². The lowest BCUT2D eigenvalue weighted by molar-refractivity contribution is 0.0140. The SMILES string of the molecule is C[C@]1(O)CC[C@H](NC(=O)c2ccc(-c3nccc4occc34)cc2)CC1. The van der Waals surface area contributed by atoms with Crippen molar-refractivity contribution in [3.8, 4) is 11.3 Å². The first kappa shape index (κ1) is 16.8. The van der Waals surface area contributed by atoms with Gasteiger partial charge in [-0.3, -0.25) is 9.78 Å². The van der Waals surface area contributed by atoms with Crippen molar-refractivity contribution >= 4 is 16.9 Å². The number of benzene rings is 1. The molecule has 2 N–H and O–H groups in total. The van der Waals surface area contributed by atoms with Gasteiger partial charge in [0.25, 0.3) is 5.91 Å². The monoisotopic (exact) mass is 350 g/mol. The molecule has 0 spiro atoms. The van der Waals surface area contributed by atoms with Crippen LogP contribution in [0.3, 0.4) is 0 Å². The molecule has 26 heavy (non-hydrogen) atoms. The van der Waals surface area contributed by atoms with Gasteiger partial charge >= 0.3 is 0 Å². The number of carbonyl (C=O) groups is 1. The van der Waals surface area contributed by atoms with Crippen LogP contribution in [0.5, 0.6) is 0 Å². The van der Waals surface area contributed by atoms with Gasteiger partial charge in [0, 0.05) is 28.8 Å². The molecule has 0 saturated heterocycles. The molecule has 0 bridgehead atoms. The summed E-state index contributed by atoms with van der Waals surface area (Å²) >= 11 is 0. The first-order valence-corrected chi connectivity index (χ1v) is 8.98. The topological polar surface area (TPSA) is 75.4 Å². The molecule has 1 saturated carbocycles. The molecule has 5 nitrogen and oxygen atoms in total. The minimum Gasteiger partial charge on any atom is -0.464 e. The van der Waals surface area contributed by atoms with Gasteiger partial charge < -0.3 is 14.8 Å². The first-order valence-electron chi connectivity index (χ1n) is 8.98. The van der Waals surface area contributed by atoms with E-state index in [4.69, 9.17) is 4.42 Å². The van der Waals surface area contributed by atoms with Crippen LogP contribution < -0.4 is 5.32 Å². The number of pyridine rings is 1. The van der Waals surface area contributed by atoms with Gasteiger partial charge in [-0.2, -0.15) is 0 Å². The van der Waals surface area contributed by atoms with Crippen LogP contribution >= 0.6 is 0 Å². The predicted molar refractivity (Wildman–Crippen MR) is 99.8 cm³/mol. The molecular weight excluding hydrogens is 328 g/mol. The number of nitrogens with one attached hydrogen (secondary N) is 1. The van der Waals surface area contributed by atoms with Crippen LogP contribution in [0.15, 0.2) is 53.3 Å². The Bertz CT molecular complexity index is 918. The van der Waals surface area contributed by atoms with Crippen molar-refractivity contribution in [2.45, 2.75) is 44.2 Å². The highest BCUT2D eigenvalue weighted by Gasteiger charge is 2.29. The first-order chi connectivity index (χ1) is 12.5. The summed E-state index contributed by atoms with van der Waals surface area (Å²) in [5.74, 6) is -0.0717. The van der Waals surface area contributed by atoms with Crippen LogP contribution in [0.25, 0.3) is 22.2 Å². The number of hydrogen-bond donors (Lipinski definition) is 2. The second-order valence-electron chi connectivity index (χ2n) is 7.31. The maximum absolute atomic E-state index is 12.5. The average molecular weight is 350 g/mol. The van der Waals surface area contributed by atoms with Crippen LogP contribution in [-0.2, 0) is 0 Å². The van der Waals surface area contributed by atoms with Crippen molar-refractivity contribution in [2.75, 3.05) is 0 Å². The number of amides is 1. The van der Waals surface area contributed by atoms with Gasteiger partial charge in [-0.1, -0.05) is 12.1 Å². The zero-order valence-corrected chi connectivity index (χ0v) is 14.7. The normalized spacial score (nSPS) is 23.1. The maximum Gasteiger partial charge on any atom is 0.251 e. The van der Waals surface area contributed by atoms with Crippen LogP contribution in [0.2, 0.25) is 0 Å². The zero-order valence-electron chi connectivity index (χ0n) is 14.7. The number of nitrogens with zero attached hydrogens (tertiary/aromatic N) is 1. The molecule has 1 aliphatic rings. The van der Waals surface area contributed by atoms with Gasteiger partial charge in [0.15, 0.2) is 0 Å². The third-order valence-corrected chi connectivity index (χ3v) is 5.20. The third kappa shape index (κ3) is 3.35. The smallest absolute Gasteiger partial charge is 0.251 e. The lowest BCUT2D eigenvalue weighted by Crippen LogP contribution is -2.42. The van der Waals surface area contributed by atoms with E-state index in [1.807, 2.05) is 43.3 Å². The third-order valence-electron chi connectivity index (χ3n) is 5.20. The van der Waals surface area contributed by atoms with E-state index in [1.54, 1.807) is 12.5 Å². The van der Waals surface area contributed by atoms with E-state index in [9.17, 15) is 9.90 Å². The lowest BCUT2D eigenvalue weighted by Gasteiger charge is -2.33. The molecule has 5 heteroatoms. The standard InChI is InChI=1S/C21H22N2O3/c1-21(25)10-6-16(7-11-21)23-20(24)15-4-2-14(3-5-15)19-17-9-13-26-18(17)8-12-22-19/h2-5,8-9,12-13,16,25H,6-7,10-11H2,1H3,(H,23,24)/t16-,21-. The lowest BCUT2D eigenvalue weighted by atomic mass is 9.83. The Morgan fingerprint density at radius 3 is 2.65 bits per heavy atom. The van der Waals surface area contributed by atoms with Crippen LogP contribution in [0, 0.1) is 0 Å². The predicted octanol–water partition coefficient (Wildman–Crippen LogP) is 3.92. The average Bonchev–Trinajstić information content (AvgIpc) is 3.12. The molecular formula is C21H22N2O3. The Kier molecular flexibility index (Phi) is 4.24. The summed E-state index contributed by atoms with van der Waals surface area (Å²) in [5.41, 5.74) is 2.62. The fourth-order valence-electron chi connectivity index (χ4n) is 3.56. The molecule has 0 atom stereocenters. The van der Waals surface area contributed by atoms with Gasteiger partial charge in [0.2, 0.25) is 0 Å². The molecule has 1 fully saturated rings. The second kappa shape index (κ2) is 6.57. The summed E-state index contributed by atoms with van der Waals surface area (Å²) in [6.07, 6.45) is 6.43. The van der Waals surface area contributed by atoms with Crippen molar-refractivity contribution in [1.29, 1.82) is 0 Å². The van der Waals surface area contributed by atoms with Crippen molar-refractivity contribution < 1.29 is 14.3 Å². The van der Waals surface area contributed by atoms with Crippen molar-refractivity contribution in [3.63, 3.8) is 0 Å². The maximum atomic E-state index is 12.5. The molecule has 1 aliphatic carbocycles. The van der Waals surface area contributed by atoms with E-state index in [0.717, 1.165) is 47.9 Å². The number of aromatic nitrogens is 1. The summed E-state index contributed by atoms with van der Waals surface area (Å²) < 4.78 is 5.42. The fraction of sp³-hybridized carbons (Fsp3) is 0.333. The Morgan fingerprint density at radius 2 is 1.92 bits per heavy atom. The molecule has 2 heterocycles. The van der Waals surface area contributed by atoms with Crippen LogP contribution in [0.4, 0.5) is 0 Å². The van der Waals surface area contributed by atoms with Gasteiger partial charge in [0.1, 0.15) is 5.58 Å². The largest absolute Gasteiger partial charge is 0.464 e. The van der Waals surface area contributed by atoms with Gasteiger partial charge in [-0.25, -0.2) is 0 Å². The Morgan fingerprint density at radius 1 is 1.19 bits per heavy atom. The van der Waals surface area contributed by atoms with Crippen molar-refractivity contribution in [3.05, 3.63) is 54.4 Å². The number of carbonyl (C=O) groups excluding carboxylic acids is 1. The molecule has 3 aromatic rings. The molecule has 0 radical (unpaired) electrons. The van der Waals surface area contributed by atoms with E-state index in [1.165, 1.54) is 0 Å². The van der Waals surface area contributed by atoms with E-state index in [-0.39, 0.29) is 11.9 Å². The molecule has 134 valence electrons. The van der Waals surface area contributed by atoms with Gasteiger partial charge in [-0.05, 0) is 56.9 Å². The summed E-state index contributed by atoms with van der Waals surface area (Å²) in [4.78, 5) is 16.9. The van der Waals surface area contributed by atoms with Crippen LogP contribution in [-0.4, -0.2) is 27.6 Å². The molecule has 1 amide bonds. The quantitative estimate of drug-likeness (QED) is 0.751. The summed E-state index contributed by atoms with van der Waals surface area (Å²) in [7, 11) is 0. The molecule has 4 rings (SSSR count). The Hall–Kier alpha value is -2.66. The van der Waals surface area contributed by atoms with Gasteiger partial charge in [0.05, 0.1) is 17.6 Å². The van der Waals surface area contributed by atoms with Crippen LogP contribution in [0.1, 0.15) is 43.0 Å². The van der Waals surface area contributed by atoms with E-state index >= 15 is 0 Å². The molecule has 0 aliphatic heterocycles. The van der Waals surface area contributed by atoms with E-state index < -0.39 is 5.60 Å². The number of rotatable bonds is 3. The van der Waals surface area contributed by atoms with Crippen molar-refractivity contribution in [2.24, 2.45) is 0 Å². The highest BCUT2D eigenvalue weighted by Crippen LogP contribution is 2.29. The molecule has 1 aromatic carbocycles. The molecule has 0 unspecified atom stereocenters. The van der Waals surface area contributed by atoms with Gasteiger partial charge in [-0.15, -0.1) is 0 Å². The highest BCUT2D eigenvalue weighted by molar-refractivity contribution is 5.96. The highest BCUT2D eigenvalue weighted by atomic mass is 16.3. The second-order valence-corrected chi connectivity index (χ2v) is 7.31. The minimum absolute atomic E-state index is 0.0717. The zero-order chi connectivity index (χ0) is 18.1. The summed E-state index contributed by atoms with van der Waals surface area (Å²) in [6.45, 7) is 1.86. The number of fused-ring (bicyclic) bond motifs is 1. The molecule has 2 aromatic heterocycles. The summed E-state index contributed by atoms with van der Waals surface area (Å²) in [5, 5.41) is 14.1. The minimum atomic E-state index is -0.593.